The van der Waals surface area contributed by atoms with E-state index >= 15 is 0 Å². The van der Waals surface area contributed by atoms with Crippen LogP contribution in [0.25, 0.3) is 0 Å². The molecule has 3 atom stereocenters. The Hall–Kier alpha value is -2.48. The van der Waals surface area contributed by atoms with Crippen molar-refractivity contribution in [1.82, 2.24) is 14.8 Å². The monoisotopic (exact) mass is 491 g/mol. The molecule has 1 aromatic carbocycles. The number of fused-ring (bicyclic) bond motifs is 1. The van der Waals surface area contributed by atoms with Crippen molar-refractivity contribution in [1.29, 1.82) is 0 Å². The van der Waals surface area contributed by atoms with Gasteiger partial charge < -0.3 is 14.4 Å². The fourth-order valence-electron chi connectivity index (χ4n) is 3.84. The van der Waals surface area contributed by atoms with Crippen LogP contribution in [0.3, 0.4) is 0 Å². The Labute approximate surface area is 188 Å². The van der Waals surface area contributed by atoms with E-state index in [0.29, 0.717) is 24.0 Å². The van der Waals surface area contributed by atoms with E-state index < -0.39 is 22.2 Å². The fraction of sp³-hybridized carbons (Fsp3) is 0.500. The maximum Gasteiger partial charge on any atom is 0.490 e. The molecule has 13 heteroatoms. The van der Waals surface area contributed by atoms with Gasteiger partial charge in [-0.25, -0.2) is 17.9 Å². The minimum Gasteiger partial charge on any atom is -0.475 e. The largest absolute Gasteiger partial charge is 0.490 e. The highest BCUT2D eigenvalue weighted by Crippen LogP contribution is 2.34. The third kappa shape index (κ3) is 6.76. The zero-order valence-corrected chi connectivity index (χ0v) is 18.5. The third-order valence-electron chi connectivity index (χ3n) is 5.41. The predicted octanol–water partition coefficient (Wildman–Crippen LogP) is 2.04. The van der Waals surface area contributed by atoms with E-state index in [1.807, 2.05) is 13.0 Å². The first kappa shape index (κ1) is 25.1. The molecule has 3 heterocycles. The van der Waals surface area contributed by atoms with Gasteiger partial charge in [-0.2, -0.15) is 13.2 Å². The number of benzene rings is 1. The molecule has 0 saturated carbocycles. The van der Waals surface area contributed by atoms with Gasteiger partial charge in [-0.15, -0.1) is 0 Å². The molecule has 2 fully saturated rings. The summed E-state index contributed by atoms with van der Waals surface area (Å²) in [6.07, 6.45) is -4.92. The van der Waals surface area contributed by atoms with Gasteiger partial charge in [0.15, 0.2) is 0 Å². The number of hydrogen-bond acceptors (Lipinski definition) is 7. The smallest absolute Gasteiger partial charge is 0.475 e. The summed E-state index contributed by atoms with van der Waals surface area (Å²) < 4.78 is 70.3. The number of aryl methyl sites for hydroxylation is 1. The second-order valence-electron chi connectivity index (χ2n) is 7.89. The van der Waals surface area contributed by atoms with Crippen molar-refractivity contribution in [2.45, 2.75) is 30.6 Å². The van der Waals surface area contributed by atoms with Crippen LogP contribution in [0.15, 0.2) is 45.8 Å². The Bertz CT molecular complexity index is 1040. The van der Waals surface area contributed by atoms with Crippen LogP contribution in [0.2, 0.25) is 0 Å². The maximum atomic E-state index is 12.4. The number of carboxylic acids is 1. The Balaban J connectivity index is 0.000000383. The number of alkyl halides is 3. The van der Waals surface area contributed by atoms with Gasteiger partial charge in [0, 0.05) is 44.1 Å². The number of carboxylic acid groups (broad SMARTS) is 1. The quantitative estimate of drug-likeness (QED) is 0.630. The molecule has 4 rings (SSSR count). The van der Waals surface area contributed by atoms with Crippen LogP contribution in [0, 0.1) is 18.8 Å². The summed E-state index contributed by atoms with van der Waals surface area (Å²) >= 11 is 0. The highest BCUT2D eigenvalue weighted by Gasteiger charge is 2.44. The number of likely N-dealkylation sites (tertiary alicyclic amines) is 1. The molecule has 0 aliphatic carbocycles. The molecule has 2 N–H and O–H groups in total. The van der Waals surface area contributed by atoms with E-state index in [2.05, 4.69) is 14.8 Å². The predicted molar refractivity (Wildman–Crippen MR) is 109 cm³/mol. The third-order valence-corrected chi connectivity index (χ3v) is 6.85. The number of nitrogens with zero attached hydrogens (tertiary/aromatic N) is 2. The standard InChI is InChI=1S/C18H23N3O4S.C2HF3O2/c1-13-7-15(20-25-13)9-21-10-17-14(12-24-18(17)11-21)8-19-26(22,23)16-5-3-2-4-6-16;3-2(4,5)1(6)7/h2-7,14,17-19H,8-12H2,1H3;(H,6,7)/t14-,17-,18-;/m1./s1. The van der Waals surface area contributed by atoms with Crippen LogP contribution < -0.4 is 4.72 Å². The number of carbonyl (C=O) groups is 1. The molecule has 0 bridgehead atoms. The highest BCUT2D eigenvalue weighted by atomic mass is 32.2. The fourth-order valence-corrected chi connectivity index (χ4v) is 4.96. The van der Waals surface area contributed by atoms with Crippen molar-refractivity contribution in [2.24, 2.45) is 11.8 Å². The average molecular weight is 491 g/mol. The topological polar surface area (TPSA) is 122 Å². The van der Waals surface area contributed by atoms with E-state index in [-0.39, 0.29) is 12.0 Å². The van der Waals surface area contributed by atoms with Crippen molar-refractivity contribution in [3.05, 3.63) is 47.9 Å². The first-order valence-electron chi connectivity index (χ1n) is 10.1. The van der Waals surface area contributed by atoms with E-state index in [1.54, 1.807) is 30.3 Å². The lowest BCUT2D eigenvalue weighted by Crippen LogP contribution is -2.34. The zero-order valence-electron chi connectivity index (χ0n) is 17.7. The molecule has 2 aromatic rings. The summed E-state index contributed by atoms with van der Waals surface area (Å²) in [6.45, 7) is 5.34. The van der Waals surface area contributed by atoms with E-state index in [1.165, 1.54) is 0 Å². The van der Waals surface area contributed by atoms with Crippen LogP contribution in [-0.4, -0.2) is 68.1 Å². The van der Waals surface area contributed by atoms with Crippen LogP contribution >= 0.6 is 0 Å². The Morgan fingerprint density at radius 2 is 1.94 bits per heavy atom. The lowest BCUT2D eigenvalue weighted by atomic mass is 9.93. The molecule has 1 aromatic heterocycles. The lowest BCUT2D eigenvalue weighted by molar-refractivity contribution is -0.192. The number of rotatable bonds is 6. The molecule has 0 amide bonds. The van der Waals surface area contributed by atoms with E-state index in [0.717, 1.165) is 31.1 Å². The van der Waals surface area contributed by atoms with Crippen molar-refractivity contribution in [3.63, 3.8) is 0 Å². The molecule has 9 nitrogen and oxygen atoms in total. The number of ether oxygens (including phenoxy) is 1. The molecular weight excluding hydrogens is 467 g/mol. The van der Waals surface area contributed by atoms with Crippen LogP contribution in [-0.2, 0) is 26.1 Å². The molecule has 0 spiro atoms. The Morgan fingerprint density at radius 3 is 2.52 bits per heavy atom. The summed E-state index contributed by atoms with van der Waals surface area (Å²) in [5.74, 6) is -1.43. The average Bonchev–Trinajstić information content (AvgIpc) is 3.43. The van der Waals surface area contributed by atoms with Gasteiger partial charge >= 0.3 is 12.1 Å². The first-order chi connectivity index (χ1) is 15.5. The second kappa shape index (κ2) is 10.2. The van der Waals surface area contributed by atoms with Crippen LogP contribution in [0.1, 0.15) is 11.5 Å². The van der Waals surface area contributed by atoms with E-state index in [9.17, 15) is 21.6 Å². The van der Waals surface area contributed by atoms with Crippen molar-refractivity contribution < 1.29 is 40.8 Å². The summed E-state index contributed by atoms with van der Waals surface area (Å²) in [6, 6.07) is 10.4. The lowest BCUT2D eigenvalue weighted by Gasteiger charge is -2.19. The van der Waals surface area contributed by atoms with Crippen LogP contribution in [0.5, 0.6) is 0 Å². The molecule has 0 radical (unpaired) electrons. The normalized spacial score (nSPS) is 23.1. The number of halogens is 3. The number of aliphatic carboxylic acids is 1. The van der Waals surface area contributed by atoms with Crippen molar-refractivity contribution in [3.8, 4) is 0 Å². The van der Waals surface area contributed by atoms with Gasteiger partial charge in [0.25, 0.3) is 0 Å². The Kier molecular flexibility index (Phi) is 7.77. The molecule has 2 aliphatic rings. The molecule has 33 heavy (non-hydrogen) atoms. The molecule has 182 valence electrons. The van der Waals surface area contributed by atoms with E-state index in [4.69, 9.17) is 19.2 Å². The minimum atomic E-state index is -5.08. The number of nitrogens with one attached hydrogen (secondary N) is 1. The van der Waals surface area contributed by atoms with Gasteiger partial charge in [-0.1, -0.05) is 23.4 Å². The number of aromatic nitrogens is 1. The van der Waals surface area contributed by atoms with Gasteiger partial charge in [-0.05, 0) is 19.1 Å². The SMILES string of the molecule is Cc1cc(CN2C[C@@H]3[C@H](CNS(=O)(=O)c4ccccc4)CO[C@@H]3C2)no1.O=C(O)C(F)(F)F. The Morgan fingerprint density at radius 1 is 1.27 bits per heavy atom. The molecule has 0 unspecified atom stereocenters. The van der Waals surface area contributed by atoms with Gasteiger partial charge in [0.1, 0.15) is 5.76 Å². The van der Waals surface area contributed by atoms with Crippen molar-refractivity contribution >= 4 is 16.0 Å². The second-order valence-corrected chi connectivity index (χ2v) is 9.65. The highest BCUT2D eigenvalue weighted by molar-refractivity contribution is 7.89. The molecular formula is C20H24F3N3O6S. The van der Waals surface area contributed by atoms with Crippen molar-refractivity contribution in [2.75, 3.05) is 26.2 Å². The summed E-state index contributed by atoms with van der Waals surface area (Å²) in [5, 5.41) is 11.2. The van der Waals surface area contributed by atoms with Gasteiger partial charge in [0.05, 0.1) is 23.3 Å². The minimum absolute atomic E-state index is 0.161. The summed E-state index contributed by atoms with van der Waals surface area (Å²) in [7, 11) is -3.48. The summed E-state index contributed by atoms with van der Waals surface area (Å²) in [5.41, 5.74) is 0.920. The molecule has 2 saturated heterocycles. The number of sulfonamides is 1. The molecule has 2 aliphatic heterocycles. The maximum absolute atomic E-state index is 12.4. The van der Waals surface area contributed by atoms with Gasteiger partial charge in [-0.3, -0.25) is 4.90 Å². The summed E-state index contributed by atoms with van der Waals surface area (Å²) in [4.78, 5) is 11.5. The number of hydrogen-bond donors (Lipinski definition) is 2. The van der Waals surface area contributed by atoms with Gasteiger partial charge in [0.2, 0.25) is 10.0 Å². The first-order valence-corrected chi connectivity index (χ1v) is 11.5. The van der Waals surface area contributed by atoms with Crippen LogP contribution in [0.4, 0.5) is 13.2 Å². The zero-order chi connectivity index (χ0) is 24.2.